The average Bonchev–Trinajstić information content (AvgIpc) is 3.05. The Balaban J connectivity index is 1.74. The highest BCUT2D eigenvalue weighted by Gasteiger charge is 2.04. The molecule has 0 spiro atoms. The smallest absolute Gasteiger partial charge is 0.411 e. The summed E-state index contributed by atoms with van der Waals surface area (Å²) in [5.41, 5.74) is 1.11. The minimum Gasteiger partial charge on any atom is -0.453 e. The zero-order valence-electron chi connectivity index (χ0n) is 12.8. The summed E-state index contributed by atoms with van der Waals surface area (Å²) in [6, 6.07) is 6.49. The van der Waals surface area contributed by atoms with Gasteiger partial charge in [-0.3, -0.25) is 5.32 Å². The van der Waals surface area contributed by atoms with E-state index < -0.39 is 6.09 Å². The quantitative estimate of drug-likeness (QED) is 0.712. The molecule has 8 heteroatoms. The summed E-state index contributed by atoms with van der Waals surface area (Å²) in [4.78, 5) is 26.9. The number of urea groups is 1. The van der Waals surface area contributed by atoms with Gasteiger partial charge in [0.25, 0.3) is 0 Å². The van der Waals surface area contributed by atoms with Crippen LogP contribution in [-0.4, -0.2) is 35.3 Å². The lowest BCUT2D eigenvalue weighted by Crippen LogP contribution is -2.30. The highest BCUT2D eigenvalue weighted by molar-refractivity contribution is 5.91. The Hall–Kier alpha value is -3.03. The van der Waals surface area contributed by atoms with E-state index in [1.165, 1.54) is 7.11 Å². The molecule has 122 valence electrons. The SMILES string of the molecule is COC(=O)Nc1cccc(NC(=O)NCCCn2ccnc2)c1. The molecule has 0 bridgehead atoms. The number of nitrogens with zero attached hydrogens (tertiary/aromatic N) is 2. The number of hydrogen-bond acceptors (Lipinski definition) is 4. The van der Waals surface area contributed by atoms with E-state index in [-0.39, 0.29) is 6.03 Å². The van der Waals surface area contributed by atoms with Crippen LogP contribution in [0.4, 0.5) is 21.0 Å². The number of imidazole rings is 1. The first-order valence-corrected chi connectivity index (χ1v) is 7.13. The molecule has 0 saturated heterocycles. The van der Waals surface area contributed by atoms with Crippen LogP contribution in [0, 0.1) is 0 Å². The number of benzene rings is 1. The number of ether oxygens (including phenoxy) is 1. The maximum atomic E-state index is 11.8. The third-order valence-corrected chi connectivity index (χ3v) is 2.99. The van der Waals surface area contributed by atoms with Crippen molar-refractivity contribution in [1.29, 1.82) is 0 Å². The predicted molar refractivity (Wildman–Crippen MR) is 86.3 cm³/mol. The average molecular weight is 317 g/mol. The van der Waals surface area contributed by atoms with E-state index in [1.54, 1.807) is 36.8 Å². The number of methoxy groups -OCH3 is 1. The maximum absolute atomic E-state index is 11.8. The molecular formula is C15H19N5O3. The van der Waals surface area contributed by atoms with Crippen LogP contribution in [-0.2, 0) is 11.3 Å². The van der Waals surface area contributed by atoms with Gasteiger partial charge in [-0.15, -0.1) is 0 Å². The second-order valence-corrected chi connectivity index (χ2v) is 4.73. The number of amides is 3. The Morgan fingerprint density at radius 1 is 1.26 bits per heavy atom. The van der Waals surface area contributed by atoms with Gasteiger partial charge >= 0.3 is 12.1 Å². The highest BCUT2D eigenvalue weighted by Crippen LogP contribution is 2.15. The van der Waals surface area contributed by atoms with Gasteiger partial charge in [-0.2, -0.15) is 0 Å². The molecule has 0 aliphatic heterocycles. The number of anilines is 2. The van der Waals surface area contributed by atoms with Crippen LogP contribution in [0.2, 0.25) is 0 Å². The molecule has 0 unspecified atom stereocenters. The molecule has 8 nitrogen and oxygen atoms in total. The molecule has 3 N–H and O–H groups in total. The molecule has 0 atom stereocenters. The summed E-state index contributed by atoms with van der Waals surface area (Å²) in [7, 11) is 1.29. The normalized spacial score (nSPS) is 9.96. The van der Waals surface area contributed by atoms with E-state index in [2.05, 4.69) is 25.7 Å². The Labute approximate surface area is 133 Å². The van der Waals surface area contributed by atoms with E-state index in [4.69, 9.17) is 0 Å². The van der Waals surface area contributed by atoms with Crippen LogP contribution in [0.3, 0.4) is 0 Å². The highest BCUT2D eigenvalue weighted by atomic mass is 16.5. The summed E-state index contributed by atoms with van der Waals surface area (Å²) in [5.74, 6) is 0. The van der Waals surface area contributed by atoms with E-state index in [0.29, 0.717) is 17.9 Å². The monoisotopic (exact) mass is 317 g/mol. The van der Waals surface area contributed by atoms with Gasteiger partial charge in [0.05, 0.1) is 13.4 Å². The van der Waals surface area contributed by atoms with Crippen molar-refractivity contribution >= 4 is 23.5 Å². The molecule has 2 aromatic rings. The molecule has 23 heavy (non-hydrogen) atoms. The molecule has 1 aromatic heterocycles. The maximum Gasteiger partial charge on any atom is 0.411 e. The lowest BCUT2D eigenvalue weighted by atomic mass is 10.3. The summed E-state index contributed by atoms with van der Waals surface area (Å²) in [5, 5.41) is 8.01. The van der Waals surface area contributed by atoms with Crippen molar-refractivity contribution in [2.45, 2.75) is 13.0 Å². The lowest BCUT2D eigenvalue weighted by molar-refractivity contribution is 0.187. The Kier molecular flexibility index (Phi) is 5.98. The molecule has 0 fully saturated rings. The molecule has 0 saturated carbocycles. The molecule has 1 heterocycles. The number of aryl methyl sites for hydroxylation is 1. The molecule has 3 amide bonds. The van der Waals surface area contributed by atoms with Gasteiger partial charge in [0, 0.05) is 36.9 Å². The first kappa shape index (κ1) is 16.3. The largest absolute Gasteiger partial charge is 0.453 e. The molecule has 1 aromatic carbocycles. The van der Waals surface area contributed by atoms with Crippen LogP contribution >= 0.6 is 0 Å². The van der Waals surface area contributed by atoms with Crippen molar-refractivity contribution in [2.24, 2.45) is 0 Å². The fraction of sp³-hybridized carbons (Fsp3) is 0.267. The number of rotatable bonds is 6. The second-order valence-electron chi connectivity index (χ2n) is 4.73. The lowest BCUT2D eigenvalue weighted by Gasteiger charge is -2.09. The van der Waals surface area contributed by atoms with Gasteiger partial charge < -0.3 is 19.9 Å². The number of nitrogens with one attached hydrogen (secondary N) is 3. The Morgan fingerprint density at radius 3 is 2.74 bits per heavy atom. The third kappa shape index (κ3) is 5.70. The number of aromatic nitrogens is 2. The van der Waals surface area contributed by atoms with Gasteiger partial charge in [0.1, 0.15) is 0 Å². The molecule has 0 aliphatic carbocycles. The van der Waals surface area contributed by atoms with Crippen molar-refractivity contribution in [2.75, 3.05) is 24.3 Å². The van der Waals surface area contributed by atoms with Crippen molar-refractivity contribution in [1.82, 2.24) is 14.9 Å². The van der Waals surface area contributed by atoms with Crippen molar-refractivity contribution in [3.8, 4) is 0 Å². The van der Waals surface area contributed by atoms with Gasteiger partial charge in [-0.25, -0.2) is 14.6 Å². The zero-order valence-corrected chi connectivity index (χ0v) is 12.8. The van der Waals surface area contributed by atoms with Crippen LogP contribution in [0.15, 0.2) is 43.0 Å². The molecule has 0 radical (unpaired) electrons. The van der Waals surface area contributed by atoms with Crippen LogP contribution in [0.25, 0.3) is 0 Å². The Morgan fingerprint density at radius 2 is 2.04 bits per heavy atom. The Bertz CT molecular complexity index is 642. The number of hydrogen-bond donors (Lipinski definition) is 3. The summed E-state index contributed by atoms with van der Waals surface area (Å²) < 4.78 is 6.46. The molecule has 2 rings (SSSR count). The van der Waals surface area contributed by atoms with E-state index in [9.17, 15) is 9.59 Å². The first-order chi connectivity index (χ1) is 11.2. The minimum absolute atomic E-state index is 0.300. The van der Waals surface area contributed by atoms with E-state index in [1.807, 2.05) is 10.8 Å². The predicted octanol–water partition coefficient (Wildman–Crippen LogP) is 2.27. The van der Waals surface area contributed by atoms with Crippen molar-refractivity contribution in [3.05, 3.63) is 43.0 Å². The van der Waals surface area contributed by atoms with Gasteiger partial charge in [-0.05, 0) is 24.6 Å². The van der Waals surface area contributed by atoms with Crippen LogP contribution in [0.1, 0.15) is 6.42 Å². The third-order valence-electron chi connectivity index (χ3n) is 2.99. The summed E-state index contributed by atoms with van der Waals surface area (Å²) >= 11 is 0. The first-order valence-electron chi connectivity index (χ1n) is 7.13. The van der Waals surface area contributed by atoms with E-state index >= 15 is 0 Å². The van der Waals surface area contributed by atoms with Crippen molar-refractivity contribution in [3.63, 3.8) is 0 Å². The van der Waals surface area contributed by atoms with Gasteiger partial charge in [-0.1, -0.05) is 6.07 Å². The van der Waals surface area contributed by atoms with Crippen LogP contribution < -0.4 is 16.0 Å². The number of carbonyl (C=O) groups is 2. The minimum atomic E-state index is -0.564. The number of carbonyl (C=O) groups excluding carboxylic acids is 2. The van der Waals surface area contributed by atoms with Gasteiger partial charge in [0.2, 0.25) is 0 Å². The summed E-state index contributed by atoms with van der Waals surface area (Å²) in [6.45, 7) is 1.34. The van der Waals surface area contributed by atoms with Crippen molar-refractivity contribution < 1.29 is 14.3 Å². The standard InChI is InChI=1S/C15H19N5O3/c1-23-15(22)19-13-5-2-4-12(10-13)18-14(21)17-6-3-8-20-9-7-16-11-20/h2,4-5,7,9-11H,3,6,8H2,1H3,(H,19,22)(H2,17,18,21). The zero-order chi connectivity index (χ0) is 16.5. The molecule has 0 aliphatic rings. The topological polar surface area (TPSA) is 97.3 Å². The molecular weight excluding hydrogens is 298 g/mol. The second kappa shape index (κ2) is 8.42. The fourth-order valence-corrected chi connectivity index (χ4v) is 1.90. The summed E-state index contributed by atoms with van der Waals surface area (Å²) in [6.07, 6.45) is 5.56. The fourth-order valence-electron chi connectivity index (χ4n) is 1.90. The van der Waals surface area contributed by atoms with Crippen LogP contribution in [0.5, 0.6) is 0 Å². The van der Waals surface area contributed by atoms with E-state index in [0.717, 1.165) is 13.0 Å². The van der Waals surface area contributed by atoms with Gasteiger partial charge in [0.15, 0.2) is 0 Å².